The number of halogens is 1. The van der Waals surface area contributed by atoms with Crippen molar-refractivity contribution in [3.63, 3.8) is 0 Å². The molecule has 1 aliphatic rings. The van der Waals surface area contributed by atoms with Gasteiger partial charge in [-0.3, -0.25) is 0 Å². The molecule has 6 heteroatoms. The summed E-state index contributed by atoms with van der Waals surface area (Å²) in [5.74, 6) is -0.249. The molecule has 0 bridgehead atoms. The fraction of sp³-hybridized carbons (Fsp3) is 0.500. The summed E-state index contributed by atoms with van der Waals surface area (Å²) in [7, 11) is 1.52. The van der Waals surface area contributed by atoms with Gasteiger partial charge >= 0.3 is 7.12 Å². The molecule has 0 aliphatic carbocycles. The standard InChI is InChI=1S/C12H17BFNO3/c1-15(4-6-16)5-7-17-13-12-3-2-11(14)8-10(12)9-18-13/h2-3,8,16H,4-7,9H2,1H3. The number of benzene rings is 1. The van der Waals surface area contributed by atoms with Crippen LogP contribution in [0, 0.1) is 5.82 Å². The van der Waals surface area contributed by atoms with Crippen LogP contribution in [0.3, 0.4) is 0 Å². The molecule has 98 valence electrons. The van der Waals surface area contributed by atoms with E-state index in [1.807, 2.05) is 11.9 Å². The summed E-state index contributed by atoms with van der Waals surface area (Å²) in [6.07, 6.45) is 0. The van der Waals surface area contributed by atoms with E-state index in [0.717, 1.165) is 17.6 Å². The molecule has 4 nitrogen and oxygen atoms in total. The van der Waals surface area contributed by atoms with Gasteiger partial charge in [-0.1, -0.05) is 6.07 Å². The summed E-state index contributed by atoms with van der Waals surface area (Å²) >= 11 is 0. The number of aliphatic hydroxyl groups excluding tert-OH is 1. The quantitative estimate of drug-likeness (QED) is 0.724. The van der Waals surface area contributed by atoms with Crippen LogP contribution in [-0.2, 0) is 15.9 Å². The number of hydrogen-bond donors (Lipinski definition) is 1. The van der Waals surface area contributed by atoms with Crippen LogP contribution in [0.2, 0.25) is 0 Å². The van der Waals surface area contributed by atoms with E-state index in [0.29, 0.717) is 19.8 Å². The summed E-state index contributed by atoms with van der Waals surface area (Å²) in [5.41, 5.74) is 1.75. The molecule has 1 heterocycles. The van der Waals surface area contributed by atoms with E-state index in [-0.39, 0.29) is 12.4 Å². The summed E-state index contributed by atoms with van der Waals surface area (Å²) in [6, 6.07) is 4.61. The van der Waals surface area contributed by atoms with E-state index in [1.54, 1.807) is 6.07 Å². The van der Waals surface area contributed by atoms with Crippen LogP contribution in [0.5, 0.6) is 0 Å². The van der Waals surface area contributed by atoms with Gasteiger partial charge in [0.15, 0.2) is 0 Å². The number of rotatable bonds is 6. The van der Waals surface area contributed by atoms with E-state index < -0.39 is 7.12 Å². The molecule has 1 aromatic carbocycles. The van der Waals surface area contributed by atoms with Crippen LogP contribution in [-0.4, -0.2) is 50.5 Å². The molecule has 0 saturated heterocycles. The second-order valence-corrected chi connectivity index (χ2v) is 4.38. The van der Waals surface area contributed by atoms with Crippen molar-refractivity contribution in [3.8, 4) is 0 Å². The van der Waals surface area contributed by atoms with Gasteiger partial charge in [-0.05, 0) is 30.2 Å². The Morgan fingerprint density at radius 3 is 3.11 bits per heavy atom. The molecule has 0 spiro atoms. The maximum atomic E-state index is 13.0. The number of fused-ring (bicyclic) bond motifs is 1. The summed E-state index contributed by atoms with van der Waals surface area (Å²) in [4.78, 5) is 1.97. The van der Waals surface area contributed by atoms with Crippen molar-refractivity contribution in [1.29, 1.82) is 0 Å². The van der Waals surface area contributed by atoms with Gasteiger partial charge in [0.2, 0.25) is 0 Å². The molecule has 2 rings (SSSR count). The highest BCUT2D eigenvalue weighted by Crippen LogP contribution is 2.12. The lowest BCUT2D eigenvalue weighted by atomic mass is 9.79. The molecule has 0 fully saturated rings. The molecular weight excluding hydrogens is 236 g/mol. The molecule has 0 amide bonds. The number of nitrogens with zero attached hydrogens (tertiary/aromatic N) is 1. The zero-order chi connectivity index (χ0) is 13.0. The largest absolute Gasteiger partial charge is 0.494 e. The van der Waals surface area contributed by atoms with Gasteiger partial charge in [0.25, 0.3) is 0 Å². The van der Waals surface area contributed by atoms with Crippen molar-refractivity contribution in [3.05, 3.63) is 29.6 Å². The minimum Gasteiger partial charge on any atom is -0.406 e. The molecule has 1 N–H and O–H groups in total. The van der Waals surface area contributed by atoms with Crippen LogP contribution in [0.1, 0.15) is 5.56 Å². The second-order valence-electron chi connectivity index (χ2n) is 4.38. The third-order valence-corrected chi connectivity index (χ3v) is 2.97. The maximum absolute atomic E-state index is 13.0. The molecule has 1 aromatic rings. The average molecular weight is 253 g/mol. The normalized spacial score (nSPS) is 14.3. The van der Waals surface area contributed by atoms with Crippen molar-refractivity contribution in [1.82, 2.24) is 4.90 Å². The molecule has 0 radical (unpaired) electrons. The lowest BCUT2D eigenvalue weighted by Crippen LogP contribution is -2.35. The number of hydrogen-bond acceptors (Lipinski definition) is 4. The Bertz CT molecular complexity index is 405. The molecule has 0 saturated carbocycles. The first-order valence-electron chi connectivity index (χ1n) is 6.01. The number of likely N-dealkylation sites (N-methyl/N-ethyl adjacent to an activating group) is 1. The maximum Gasteiger partial charge on any atom is 0.494 e. The van der Waals surface area contributed by atoms with Gasteiger partial charge in [0.1, 0.15) is 5.82 Å². The molecule has 0 atom stereocenters. The Morgan fingerprint density at radius 1 is 1.50 bits per heavy atom. The second kappa shape index (κ2) is 6.29. The topological polar surface area (TPSA) is 41.9 Å². The van der Waals surface area contributed by atoms with Gasteiger partial charge in [-0.2, -0.15) is 0 Å². The van der Waals surface area contributed by atoms with Gasteiger partial charge in [-0.15, -0.1) is 0 Å². The first-order chi connectivity index (χ1) is 8.70. The SMILES string of the molecule is CN(CCO)CCOB1OCc2cc(F)ccc21. The fourth-order valence-electron chi connectivity index (χ4n) is 1.92. The van der Waals surface area contributed by atoms with Crippen LogP contribution in [0.15, 0.2) is 18.2 Å². The van der Waals surface area contributed by atoms with Crippen molar-refractivity contribution in [2.24, 2.45) is 0 Å². The lowest BCUT2D eigenvalue weighted by Gasteiger charge is -2.16. The first kappa shape index (κ1) is 13.5. The van der Waals surface area contributed by atoms with Gasteiger partial charge < -0.3 is 19.3 Å². The summed E-state index contributed by atoms with van der Waals surface area (Å²) in [5, 5.41) is 8.76. The minimum atomic E-state index is -0.400. The van der Waals surface area contributed by atoms with Gasteiger partial charge in [0, 0.05) is 19.7 Å². The third-order valence-electron chi connectivity index (χ3n) is 2.97. The third kappa shape index (κ3) is 3.29. The van der Waals surface area contributed by atoms with Crippen molar-refractivity contribution < 1.29 is 18.8 Å². The first-order valence-corrected chi connectivity index (χ1v) is 6.01. The zero-order valence-corrected chi connectivity index (χ0v) is 10.4. The minimum absolute atomic E-state index is 0.137. The van der Waals surface area contributed by atoms with E-state index >= 15 is 0 Å². The smallest absolute Gasteiger partial charge is 0.406 e. The van der Waals surface area contributed by atoms with E-state index in [9.17, 15) is 4.39 Å². The summed E-state index contributed by atoms with van der Waals surface area (Å²) < 4.78 is 24.1. The fourth-order valence-corrected chi connectivity index (χ4v) is 1.92. The Kier molecular flexibility index (Phi) is 4.71. The Balaban J connectivity index is 1.83. The van der Waals surface area contributed by atoms with Crippen LogP contribution >= 0.6 is 0 Å². The van der Waals surface area contributed by atoms with Gasteiger partial charge in [-0.25, -0.2) is 4.39 Å². The van der Waals surface area contributed by atoms with Crippen molar-refractivity contribution >= 4 is 12.6 Å². The van der Waals surface area contributed by atoms with Crippen molar-refractivity contribution in [2.45, 2.75) is 6.61 Å². The predicted octanol–water partition coefficient (Wildman–Crippen LogP) is -0.00820. The molecule has 18 heavy (non-hydrogen) atoms. The average Bonchev–Trinajstić information content (AvgIpc) is 2.72. The summed E-state index contributed by atoms with van der Waals surface area (Å²) in [6.45, 7) is 2.38. The zero-order valence-electron chi connectivity index (χ0n) is 10.4. The monoisotopic (exact) mass is 253 g/mol. The molecular formula is C12H17BFNO3. The highest BCUT2D eigenvalue weighted by molar-refractivity contribution is 6.62. The van der Waals surface area contributed by atoms with E-state index in [2.05, 4.69) is 0 Å². The van der Waals surface area contributed by atoms with Crippen LogP contribution in [0.25, 0.3) is 0 Å². The van der Waals surface area contributed by atoms with E-state index in [4.69, 9.17) is 14.4 Å². The Morgan fingerprint density at radius 2 is 2.33 bits per heavy atom. The van der Waals surface area contributed by atoms with Crippen LogP contribution in [0.4, 0.5) is 4.39 Å². The Labute approximate surface area is 106 Å². The highest BCUT2D eigenvalue weighted by Gasteiger charge is 2.30. The number of aliphatic hydroxyl groups is 1. The highest BCUT2D eigenvalue weighted by atomic mass is 19.1. The van der Waals surface area contributed by atoms with Crippen LogP contribution < -0.4 is 5.46 Å². The predicted molar refractivity (Wildman–Crippen MR) is 67.1 cm³/mol. The van der Waals surface area contributed by atoms with Crippen molar-refractivity contribution in [2.75, 3.05) is 33.4 Å². The molecule has 0 aromatic heterocycles. The van der Waals surface area contributed by atoms with E-state index in [1.165, 1.54) is 12.1 Å². The van der Waals surface area contributed by atoms with Gasteiger partial charge in [0.05, 0.1) is 13.2 Å². The Hall–Kier alpha value is -0.945. The molecule has 1 aliphatic heterocycles. The lowest BCUT2D eigenvalue weighted by molar-refractivity contribution is 0.167. The molecule has 0 unspecified atom stereocenters.